The van der Waals surface area contributed by atoms with E-state index in [2.05, 4.69) is 0 Å². The minimum Gasteiger partial charge on any atom is -0.370 e. The summed E-state index contributed by atoms with van der Waals surface area (Å²) >= 11 is 0. The van der Waals surface area contributed by atoms with E-state index in [-0.39, 0.29) is 12.2 Å². The Morgan fingerprint density at radius 1 is 0.957 bits per heavy atom. The Labute approximate surface area is 133 Å². The highest BCUT2D eigenvalue weighted by Gasteiger charge is 2.24. The van der Waals surface area contributed by atoms with Gasteiger partial charge in [0.25, 0.3) is 0 Å². The van der Waals surface area contributed by atoms with E-state index in [9.17, 15) is 0 Å². The SMILES string of the molecule is Cc1c(OOCC2CO2)ccc2ccc(OOCC3CO3)cc12. The Morgan fingerprint density at radius 2 is 1.61 bits per heavy atom. The Balaban J connectivity index is 1.46. The lowest BCUT2D eigenvalue weighted by Gasteiger charge is -2.11. The smallest absolute Gasteiger partial charge is 0.168 e. The molecule has 2 heterocycles. The Hall–Kier alpha value is -1.86. The summed E-state index contributed by atoms with van der Waals surface area (Å²) in [7, 11) is 0. The van der Waals surface area contributed by atoms with Crippen LogP contribution in [0.1, 0.15) is 5.56 Å². The summed E-state index contributed by atoms with van der Waals surface area (Å²) in [5.74, 6) is 1.33. The molecule has 0 aromatic heterocycles. The molecule has 2 atom stereocenters. The van der Waals surface area contributed by atoms with E-state index in [4.69, 9.17) is 29.0 Å². The van der Waals surface area contributed by atoms with Crippen molar-refractivity contribution in [3.63, 3.8) is 0 Å². The van der Waals surface area contributed by atoms with Gasteiger partial charge in [-0.25, -0.2) is 0 Å². The third-order valence-corrected chi connectivity index (χ3v) is 3.83. The molecule has 2 unspecified atom stereocenters. The molecule has 2 aliphatic heterocycles. The molecule has 6 nitrogen and oxygen atoms in total. The first-order valence-corrected chi connectivity index (χ1v) is 7.65. The zero-order chi connectivity index (χ0) is 15.6. The molecule has 0 bridgehead atoms. The number of hydrogen-bond acceptors (Lipinski definition) is 6. The molecular formula is C17H18O6. The maximum Gasteiger partial charge on any atom is 0.168 e. The van der Waals surface area contributed by atoms with E-state index < -0.39 is 0 Å². The first kappa shape index (κ1) is 14.7. The van der Waals surface area contributed by atoms with Crippen LogP contribution in [0, 0.1) is 6.92 Å². The summed E-state index contributed by atoms with van der Waals surface area (Å²) in [5, 5.41) is 2.12. The van der Waals surface area contributed by atoms with Gasteiger partial charge in [-0.1, -0.05) is 12.1 Å². The molecule has 6 heteroatoms. The predicted molar refractivity (Wildman–Crippen MR) is 81.3 cm³/mol. The molecule has 0 aliphatic carbocycles. The van der Waals surface area contributed by atoms with Crippen LogP contribution in [0.3, 0.4) is 0 Å². The highest BCUT2D eigenvalue weighted by atomic mass is 17.2. The predicted octanol–water partition coefficient (Wildman–Crippen LogP) is 2.57. The zero-order valence-electron chi connectivity index (χ0n) is 12.8. The van der Waals surface area contributed by atoms with Gasteiger partial charge >= 0.3 is 0 Å². The minimum absolute atomic E-state index is 0.170. The second-order valence-electron chi connectivity index (χ2n) is 5.72. The topological polar surface area (TPSA) is 62.0 Å². The van der Waals surface area contributed by atoms with Gasteiger partial charge in [-0.3, -0.25) is 0 Å². The summed E-state index contributed by atoms with van der Waals surface area (Å²) < 4.78 is 10.1. The molecule has 122 valence electrons. The number of rotatable bonds is 8. The van der Waals surface area contributed by atoms with Crippen LogP contribution in [0.25, 0.3) is 10.8 Å². The number of aryl methyl sites for hydroxylation is 1. The lowest BCUT2D eigenvalue weighted by Crippen LogP contribution is -2.06. The van der Waals surface area contributed by atoms with Gasteiger partial charge in [-0.05, 0) is 35.9 Å². The second kappa shape index (κ2) is 6.33. The maximum absolute atomic E-state index is 5.39. The van der Waals surface area contributed by atoms with E-state index in [1.54, 1.807) is 0 Å². The standard InChI is InChI=1S/C17H18O6/c1-11-16-6-13(22-20-9-14-7-18-14)4-2-12(16)3-5-17(11)23-21-10-15-8-19-15/h2-6,14-15H,7-10H2,1H3. The van der Waals surface area contributed by atoms with Crippen LogP contribution in [-0.4, -0.2) is 38.6 Å². The molecule has 2 aromatic rings. The number of fused-ring (bicyclic) bond motifs is 1. The van der Waals surface area contributed by atoms with Crippen LogP contribution in [0.4, 0.5) is 0 Å². The summed E-state index contributed by atoms with van der Waals surface area (Å²) in [6.07, 6.45) is 0.341. The molecule has 0 spiro atoms. The molecule has 2 saturated heterocycles. The van der Waals surface area contributed by atoms with Crippen molar-refractivity contribution in [1.82, 2.24) is 0 Å². The van der Waals surface area contributed by atoms with Crippen molar-refractivity contribution in [2.24, 2.45) is 0 Å². The summed E-state index contributed by atoms with van der Waals surface area (Å²) in [4.78, 5) is 21.1. The van der Waals surface area contributed by atoms with Crippen LogP contribution in [0.15, 0.2) is 30.3 Å². The van der Waals surface area contributed by atoms with Crippen molar-refractivity contribution in [3.05, 3.63) is 35.9 Å². The van der Waals surface area contributed by atoms with E-state index in [0.29, 0.717) is 24.7 Å². The molecule has 4 rings (SSSR count). The van der Waals surface area contributed by atoms with Crippen molar-refractivity contribution >= 4 is 10.8 Å². The Kier molecular flexibility index (Phi) is 4.05. The van der Waals surface area contributed by atoms with Crippen molar-refractivity contribution in [2.45, 2.75) is 19.1 Å². The van der Waals surface area contributed by atoms with E-state index in [1.807, 2.05) is 37.3 Å². The summed E-state index contributed by atoms with van der Waals surface area (Å²) in [5.41, 5.74) is 0.982. The highest BCUT2D eigenvalue weighted by molar-refractivity contribution is 5.88. The highest BCUT2D eigenvalue weighted by Crippen LogP contribution is 2.30. The number of ether oxygens (including phenoxy) is 2. The molecule has 23 heavy (non-hydrogen) atoms. The lowest BCUT2D eigenvalue weighted by atomic mass is 10.0. The Morgan fingerprint density at radius 3 is 2.30 bits per heavy atom. The molecule has 0 radical (unpaired) electrons. The van der Waals surface area contributed by atoms with E-state index in [1.165, 1.54) is 0 Å². The van der Waals surface area contributed by atoms with Gasteiger partial charge in [0, 0.05) is 5.56 Å². The van der Waals surface area contributed by atoms with Gasteiger partial charge in [-0.15, -0.1) is 0 Å². The maximum atomic E-state index is 5.39. The first-order chi connectivity index (χ1) is 11.3. The van der Waals surface area contributed by atoms with Gasteiger partial charge in [0.2, 0.25) is 0 Å². The fourth-order valence-electron chi connectivity index (χ4n) is 2.25. The second-order valence-corrected chi connectivity index (χ2v) is 5.72. The van der Waals surface area contributed by atoms with Gasteiger partial charge in [0.15, 0.2) is 11.5 Å². The van der Waals surface area contributed by atoms with Crippen molar-refractivity contribution in [1.29, 1.82) is 0 Å². The van der Waals surface area contributed by atoms with E-state index in [0.717, 1.165) is 29.5 Å². The average Bonchev–Trinajstić information content (AvgIpc) is 3.44. The fourth-order valence-corrected chi connectivity index (χ4v) is 2.25. The summed E-state index contributed by atoms with van der Waals surface area (Å²) in [6, 6.07) is 9.66. The minimum atomic E-state index is 0.170. The molecule has 0 amide bonds. The van der Waals surface area contributed by atoms with Crippen molar-refractivity contribution in [3.8, 4) is 11.5 Å². The normalized spacial score (nSPS) is 22.1. The molecule has 2 fully saturated rings. The average molecular weight is 318 g/mol. The van der Waals surface area contributed by atoms with Gasteiger partial charge < -0.3 is 19.2 Å². The van der Waals surface area contributed by atoms with Crippen LogP contribution in [0.2, 0.25) is 0 Å². The Bertz CT molecular complexity index is 688. The van der Waals surface area contributed by atoms with Gasteiger partial charge in [-0.2, -0.15) is 9.78 Å². The molecule has 0 N–H and O–H groups in total. The zero-order valence-corrected chi connectivity index (χ0v) is 12.8. The third kappa shape index (κ3) is 3.73. The lowest BCUT2D eigenvalue weighted by molar-refractivity contribution is -0.209. The van der Waals surface area contributed by atoms with Crippen LogP contribution in [0.5, 0.6) is 11.5 Å². The first-order valence-electron chi connectivity index (χ1n) is 7.65. The van der Waals surface area contributed by atoms with Crippen molar-refractivity contribution < 1.29 is 29.0 Å². The molecule has 0 saturated carbocycles. The molecule has 2 aliphatic rings. The summed E-state index contributed by atoms with van der Waals surface area (Å²) in [6.45, 7) is 4.35. The quantitative estimate of drug-likeness (QED) is 0.423. The van der Waals surface area contributed by atoms with Gasteiger partial charge in [0.05, 0.1) is 13.2 Å². The number of hydrogen-bond donors (Lipinski definition) is 0. The van der Waals surface area contributed by atoms with Crippen LogP contribution < -0.4 is 9.78 Å². The molecular weight excluding hydrogens is 300 g/mol. The van der Waals surface area contributed by atoms with Gasteiger partial charge in [0.1, 0.15) is 25.4 Å². The number of epoxide rings is 2. The van der Waals surface area contributed by atoms with Crippen LogP contribution in [-0.2, 0) is 19.2 Å². The molecule has 2 aromatic carbocycles. The fraction of sp³-hybridized carbons (Fsp3) is 0.412. The largest absolute Gasteiger partial charge is 0.370 e. The number of benzene rings is 2. The van der Waals surface area contributed by atoms with E-state index >= 15 is 0 Å². The third-order valence-electron chi connectivity index (χ3n) is 3.83. The monoisotopic (exact) mass is 318 g/mol. The van der Waals surface area contributed by atoms with Crippen LogP contribution >= 0.6 is 0 Å². The van der Waals surface area contributed by atoms with Crippen molar-refractivity contribution in [2.75, 3.05) is 26.4 Å².